The normalized spacial score (nSPS) is 18.5. The number of hydrogen-bond donors (Lipinski definition) is 3. The van der Waals surface area contributed by atoms with Crippen LogP contribution in [0.15, 0.2) is 0 Å². The second-order valence-corrected chi connectivity index (χ2v) is 4.84. The fourth-order valence-electron chi connectivity index (χ4n) is 1.62. The number of carbonyl (C=O) groups is 2. The molecule has 0 unspecified atom stereocenters. The minimum atomic E-state index is -0.963. The van der Waals surface area contributed by atoms with E-state index >= 15 is 0 Å². The maximum absolute atomic E-state index is 11.5. The molecule has 17 heavy (non-hydrogen) atoms. The first-order valence-corrected chi connectivity index (χ1v) is 6.27. The zero-order valence-electron chi connectivity index (χ0n) is 10.5. The van der Waals surface area contributed by atoms with Gasteiger partial charge in [-0.3, -0.25) is 4.79 Å². The molecule has 1 amide bonds. The fraction of sp³-hybridized carbons (Fsp3) is 0.833. The first-order chi connectivity index (χ1) is 8.04. The predicted molar refractivity (Wildman–Crippen MR) is 64.6 cm³/mol. The van der Waals surface area contributed by atoms with E-state index in [1.165, 1.54) is 12.8 Å². The molecule has 0 heterocycles. The van der Waals surface area contributed by atoms with Crippen molar-refractivity contribution >= 4 is 11.9 Å². The van der Waals surface area contributed by atoms with Crippen molar-refractivity contribution in [1.29, 1.82) is 0 Å². The molecule has 1 rings (SSSR count). The fourth-order valence-corrected chi connectivity index (χ4v) is 1.62. The largest absolute Gasteiger partial charge is 0.480 e. The molecular formula is C12H22N2O3. The lowest BCUT2D eigenvalue weighted by atomic mass is 9.99. The van der Waals surface area contributed by atoms with Crippen LogP contribution in [0.3, 0.4) is 0 Å². The number of amides is 1. The summed E-state index contributed by atoms with van der Waals surface area (Å²) >= 11 is 0. The van der Waals surface area contributed by atoms with E-state index < -0.39 is 12.0 Å². The van der Waals surface area contributed by atoms with Crippen molar-refractivity contribution in [3.63, 3.8) is 0 Å². The monoisotopic (exact) mass is 242 g/mol. The van der Waals surface area contributed by atoms with E-state index in [4.69, 9.17) is 5.11 Å². The third-order valence-electron chi connectivity index (χ3n) is 3.21. The SMILES string of the molecule is CC[C@H](C)[C@H](NC(=O)CNCC1CC1)C(=O)O. The summed E-state index contributed by atoms with van der Waals surface area (Å²) in [6.45, 7) is 4.81. The molecule has 0 spiro atoms. The Kier molecular flexibility index (Phi) is 5.41. The van der Waals surface area contributed by atoms with E-state index in [9.17, 15) is 9.59 Å². The van der Waals surface area contributed by atoms with Crippen molar-refractivity contribution < 1.29 is 14.7 Å². The van der Waals surface area contributed by atoms with Gasteiger partial charge in [-0.15, -0.1) is 0 Å². The maximum Gasteiger partial charge on any atom is 0.326 e. The van der Waals surface area contributed by atoms with Gasteiger partial charge in [-0.1, -0.05) is 20.3 Å². The molecule has 3 N–H and O–H groups in total. The molecule has 0 aromatic rings. The van der Waals surface area contributed by atoms with Crippen LogP contribution >= 0.6 is 0 Å². The van der Waals surface area contributed by atoms with Gasteiger partial charge in [0.15, 0.2) is 0 Å². The lowest BCUT2D eigenvalue weighted by molar-refractivity contribution is -0.143. The van der Waals surface area contributed by atoms with Crippen LogP contribution in [0.2, 0.25) is 0 Å². The molecule has 5 heteroatoms. The summed E-state index contributed by atoms with van der Waals surface area (Å²) in [6.07, 6.45) is 3.20. The lowest BCUT2D eigenvalue weighted by Gasteiger charge is -2.20. The number of aliphatic carboxylic acids is 1. The first-order valence-electron chi connectivity index (χ1n) is 6.27. The Labute approximate surface area is 102 Å². The van der Waals surface area contributed by atoms with Crippen LogP contribution in [-0.4, -0.2) is 36.1 Å². The van der Waals surface area contributed by atoms with Gasteiger partial charge in [0, 0.05) is 0 Å². The van der Waals surface area contributed by atoms with Crippen LogP contribution in [0.1, 0.15) is 33.1 Å². The molecule has 0 saturated heterocycles. The summed E-state index contributed by atoms with van der Waals surface area (Å²) in [6, 6.07) is -0.782. The number of hydrogen-bond acceptors (Lipinski definition) is 3. The van der Waals surface area contributed by atoms with E-state index in [0.29, 0.717) is 5.92 Å². The van der Waals surface area contributed by atoms with E-state index in [0.717, 1.165) is 13.0 Å². The summed E-state index contributed by atoms with van der Waals surface area (Å²) in [5.41, 5.74) is 0. The number of nitrogens with one attached hydrogen (secondary N) is 2. The van der Waals surface area contributed by atoms with Gasteiger partial charge in [-0.2, -0.15) is 0 Å². The number of carboxylic acids is 1. The topological polar surface area (TPSA) is 78.4 Å². The smallest absolute Gasteiger partial charge is 0.326 e. The highest BCUT2D eigenvalue weighted by Gasteiger charge is 2.25. The number of carbonyl (C=O) groups excluding carboxylic acids is 1. The minimum absolute atomic E-state index is 0.0557. The summed E-state index contributed by atoms with van der Waals surface area (Å²) in [5.74, 6) is -0.541. The average molecular weight is 242 g/mol. The van der Waals surface area contributed by atoms with Gasteiger partial charge in [0.2, 0.25) is 5.91 Å². The first kappa shape index (κ1) is 14.0. The van der Waals surface area contributed by atoms with Crippen LogP contribution in [-0.2, 0) is 9.59 Å². The Hall–Kier alpha value is -1.10. The third kappa shape index (κ3) is 5.17. The maximum atomic E-state index is 11.5. The van der Waals surface area contributed by atoms with Crippen LogP contribution in [0.4, 0.5) is 0 Å². The van der Waals surface area contributed by atoms with Gasteiger partial charge in [0.25, 0.3) is 0 Å². The standard InChI is InChI=1S/C12H22N2O3/c1-3-8(2)11(12(16)17)14-10(15)7-13-6-9-4-5-9/h8-9,11,13H,3-7H2,1-2H3,(H,14,15)(H,16,17)/t8-,11-/m0/s1. The molecule has 0 radical (unpaired) electrons. The van der Waals surface area contributed by atoms with Crippen molar-refractivity contribution in [2.45, 2.75) is 39.2 Å². The summed E-state index contributed by atoms with van der Waals surface area (Å²) in [7, 11) is 0. The van der Waals surface area contributed by atoms with Gasteiger partial charge >= 0.3 is 5.97 Å². The zero-order chi connectivity index (χ0) is 12.8. The molecule has 2 atom stereocenters. The Morgan fingerprint density at radius 1 is 1.41 bits per heavy atom. The van der Waals surface area contributed by atoms with Gasteiger partial charge in [-0.25, -0.2) is 4.79 Å². The van der Waals surface area contributed by atoms with Crippen molar-refractivity contribution in [3.8, 4) is 0 Å². The van der Waals surface area contributed by atoms with Crippen LogP contribution in [0, 0.1) is 11.8 Å². The predicted octanol–water partition coefficient (Wildman–Crippen LogP) is 0.601. The molecule has 0 aromatic heterocycles. The van der Waals surface area contributed by atoms with Crippen LogP contribution in [0.25, 0.3) is 0 Å². The second kappa shape index (κ2) is 6.59. The molecule has 98 valence electrons. The van der Waals surface area contributed by atoms with Gasteiger partial charge in [0.1, 0.15) is 6.04 Å². The second-order valence-electron chi connectivity index (χ2n) is 4.84. The Morgan fingerprint density at radius 2 is 2.06 bits per heavy atom. The molecule has 1 saturated carbocycles. The number of carboxylic acid groups (broad SMARTS) is 1. The van der Waals surface area contributed by atoms with Crippen molar-refractivity contribution in [1.82, 2.24) is 10.6 Å². The van der Waals surface area contributed by atoms with E-state index in [-0.39, 0.29) is 18.4 Å². The highest BCUT2D eigenvalue weighted by molar-refractivity contribution is 5.84. The molecule has 1 aliphatic rings. The molecule has 5 nitrogen and oxygen atoms in total. The van der Waals surface area contributed by atoms with E-state index in [1.54, 1.807) is 0 Å². The highest BCUT2D eigenvalue weighted by Crippen LogP contribution is 2.27. The third-order valence-corrected chi connectivity index (χ3v) is 3.21. The van der Waals surface area contributed by atoms with Crippen LogP contribution < -0.4 is 10.6 Å². The molecule has 1 fully saturated rings. The average Bonchev–Trinajstić information content (AvgIpc) is 3.08. The van der Waals surface area contributed by atoms with Gasteiger partial charge in [0.05, 0.1) is 6.54 Å². The van der Waals surface area contributed by atoms with Gasteiger partial charge < -0.3 is 15.7 Å². The lowest BCUT2D eigenvalue weighted by Crippen LogP contribution is -2.48. The van der Waals surface area contributed by atoms with E-state index in [2.05, 4.69) is 10.6 Å². The van der Waals surface area contributed by atoms with Crippen LogP contribution in [0.5, 0.6) is 0 Å². The Morgan fingerprint density at radius 3 is 2.53 bits per heavy atom. The number of rotatable bonds is 8. The van der Waals surface area contributed by atoms with E-state index in [1.807, 2.05) is 13.8 Å². The molecule has 0 aliphatic heterocycles. The molecule has 1 aliphatic carbocycles. The molecular weight excluding hydrogens is 220 g/mol. The zero-order valence-corrected chi connectivity index (χ0v) is 10.5. The summed E-state index contributed by atoms with van der Waals surface area (Å²) < 4.78 is 0. The van der Waals surface area contributed by atoms with Gasteiger partial charge in [-0.05, 0) is 31.2 Å². The minimum Gasteiger partial charge on any atom is -0.480 e. The summed E-state index contributed by atoms with van der Waals surface area (Å²) in [5, 5.41) is 14.6. The van der Waals surface area contributed by atoms with Crippen molar-refractivity contribution in [2.24, 2.45) is 11.8 Å². The Bertz CT molecular complexity index is 277. The Balaban J connectivity index is 2.26. The molecule has 0 bridgehead atoms. The summed E-state index contributed by atoms with van der Waals surface area (Å²) in [4.78, 5) is 22.5. The quantitative estimate of drug-likeness (QED) is 0.582. The van der Waals surface area contributed by atoms with Crippen molar-refractivity contribution in [3.05, 3.63) is 0 Å². The van der Waals surface area contributed by atoms with Crippen molar-refractivity contribution in [2.75, 3.05) is 13.1 Å². The molecule has 0 aromatic carbocycles. The highest BCUT2D eigenvalue weighted by atomic mass is 16.4.